The molecule has 0 radical (unpaired) electrons. The highest BCUT2D eigenvalue weighted by atomic mass is 79.9. The maximum atomic E-state index is 8.87. The second kappa shape index (κ2) is 7.14. The summed E-state index contributed by atoms with van der Waals surface area (Å²) in [5.74, 6) is 0.729. The Hall–Kier alpha value is -0.990. The number of thioether (sulfide) groups is 1. The minimum absolute atomic E-state index is 0.588. The number of benzene rings is 1. The van der Waals surface area contributed by atoms with E-state index in [2.05, 4.69) is 46.2 Å². The Kier molecular flexibility index (Phi) is 5.50. The van der Waals surface area contributed by atoms with E-state index in [0.717, 1.165) is 27.8 Å². The zero-order chi connectivity index (χ0) is 14.5. The third-order valence-corrected chi connectivity index (χ3v) is 5.54. The highest BCUT2D eigenvalue weighted by Crippen LogP contribution is 2.33. The van der Waals surface area contributed by atoms with Gasteiger partial charge in [0.15, 0.2) is 5.17 Å². The number of halogens is 1. The SMILES string of the molecule is CCC(CC)C1CN=C(Nc2ccc(C#N)cc2Br)S1. The van der Waals surface area contributed by atoms with Crippen molar-refractivity contribution < 1.29 is 0 Å². The quantitative estimate of drug-likeness (QED) is 0.859. The van der Waals surface area contributed by atoms with Crippen molar-refractivity contribution >= 4 is 38.5 Å². The van der Waals surface area contributed by atoms with Crippen LogP contribution in [0.5, 0.6) is 0 Å². The first-order chi connectivity index (χ1) is 9.67. The number of rotatable bonds is 4. The van der Waals surface area contributed by atoms with Gasteiger partial charge in [-0.3, -0.25) is 4.99 Å². The van der Waals surface area contributed by atoms with Gasteiger partial charge in [0.05, 0.1) is 23.9 Å². The molecule has 1 aromatic carbocycles. The van der Waals surface area contributed by atoms with Crippen molar-refractivity contribution in [2.75, 3.05) is 11.9 Å². The molecule has 0 aliphatic carbocycles. The summed E-state index contributed by atoms with van der Waals surface area (Å²) < 4.78 is 0.894. The molecule has 1 unspecified atom stereocenters. The van der Waals surface area contributed by atoms with Gasteiger partial charge in [-0.1, -0.05) is 38.5 Å². The van der Waals surface area contributed by atoms with E-state index in [-0.39, 0.29) is 0 Å². The molecule has 1 aliphatic heterocycles. The molecule has 0 saturated carbocycles. The van der Waals surface area contributed by atoms with E-state index in [9.17, 15) is 0 Å². The summed E-state index contributed by atoms with van der Waals surface area (Å²) in [5.41, 5.74) is 1.61. The average Bonchev–Trinajstić information content (AvgIpc) is 2.91. The van der Waals surface area contributed by atoms with Gasteiger partial charge in [0, 0.05) is 9.72 Å². The van der Waals surface area contributed by atoms with Crippen molar-refractivity contribution in [2.45, 2.75) is 31.9 Å². The van der Waals surface area contributed by atoms with Crippen LogP contribution in [-0.4, -0.2) is 17.0 Å². The van der Waals surface area contributed by atoms with E-state index in [1.165, 1.54) is 12.8 Å². The van der Waals surface area contributed by atoms with Crippen LogP contribution >= 0.6 is 27.7 Å². The first-order valence-corrected chi connectivity index (χ1v) is 8.53. The molecule has 0 saturated heterocycles. The number of amidine groups is 1. The fourth-order valence-electron chi connectivity index (χ4n) is 2.32. The third kappa shape index (κ3) is 3.56. The molecule has 0 aromatic heterocycles. The average molecular weight is 352 g/mol. The van der Waals surface area contributed by atoms with Crippen molar-refractivity contribution in [3.63, 3.8) is 0 Å². The van der Waals surface area contributed by atoms with Crippen LogP contribution in [0, 0.1) is 17.2 Å². The summed E-state index contributed by atoms with van der Waals surface area (Å²) >= 11 is 5.32. The largest absolute Gasteiger partial charge is 0.334 e. The molecule has 0 fully saturated rings. The van der Waals surface area contributed by atoms with Crippen LogP contribution in [0.15, 0.2) is 27.7 Å². The topological polar surface area (TPSA) is 48.2 Å². The second-order valence-corrected chi connectivity index (χ2v) is 6.89. The minimum atomic E-state index is 0.588. The van der Waals surface area contributed by atoms with Crippen LogP contribution < -0.4 is 5.32 Å². The summed E-state index contributed by atoms with van der Waals surface area (Å²) in [6.07, 6.45) is 2.41. The third-order valence-electron chi connectivity index (χ3n) is 3.59. The normalized spacial score (nSPS) is 17.9. The maximum Gasteiger partial charge on any atom is 0.161 e. The zero-order valence-corrected chi connectivity index (χ0v) is 14.1. The van der Waals surface area contributed by atoms with Gasteiger partial charge >= 0.3 is 0 Å². The van der Waals surface area contributed by atoms with Crippen molar-refractivity contribution in [1.29, 1.82) is 5.26 Å². The van der Waals surface area contributed by atoms with Gasteiger partial charge in [-0.2, -0.15) is 5.26 Å². The molecular weight excluding hydrogens is 334 g/mol. The second-order valence-electron chi connectivity index (χ2n) is 4.81. The van der Waals surface area contributed by atoms with E-state index in [0.29, 0.717) is 10.8 Å². The van der Waals surface area contributed by atoms with Crippen LogP contribution in [0.4, 0.5) is 5.69 Å². The number of anilines is 1. The van der Waals surface area contributed by atoms with Crippen molar-refractivity contribution in [3.8, 4) is 6.07 Å². The number of nitriles is 1. The van der Waals surface area contributed by atoms with Crippen LogP contribution in [0.25, 0.3) is 0 Å². The fraction of sp³-hybridized carbons (Fsp3) is 0.467. The molecule has 1 atom stereocenters. The van der Waals surface area contributed by atoms with Crippen LogP contribution in [-0.2, 0) is 0 Å². The van der Waals surface area contributed by atoms with Gasteiger partial charge in [0.25, 0.3) is 0 Å². The molecule has 1 heterocycles. The standard InChI is InChI=1S/C15H18BrN3S/c1-3-11(4-2)14-9-18-15(20-14)19-13-6-5-10(8-17)7-12(13)16/h5-7,11,14H,3-4,9H2,1-2H3,(H,18,19). The highest BCUT2D eigenvalue weighted by molar-refractivity contribution is 9.10. The van der Waals surface area contributed by atoms with Crippen molar-refractivity contribution in [1.82, 2.24) is 0 Å². The van der Waals surface area contributed by atoms with Gasteiger partial charge in [-0.15, -0.1) is 0 Å². The number of hydrogen-bond acceptors (Lipinski definition) is 4. The van der Waals surface area contributed by atoms with E-state index in [1.54, 1.807) is 0 Å². The smallest absolute Gasteiger partial charge is 0.161 e. The predicted octanol–water partition coefficient (Wildman–Crippen LogP) is 4.64. The number of nitrogens with one attached hydrogen (secondary N) is 1. The monoisotopic (exact) mass is 351 g/mol. The molecule has 1 N–H and O–H groups in total. The lowest BCUT2D eigenvalue weighted by molar-refractivity contribution is 0.479. The summed E-state index contributed by atoms with van der Waals surface area (Å²) in [5, 5.41) is 13.8. The van der Waals surface area contributed by atoms with E-state index >= 15 is 0 Å². The van der Waals surface area contributed by atoms with Gasteiger partial charge in [0.2, 0.25) is 0 Å². The van der Waals surface area contributed by atoms with Crippen LogP contribution in [0.3, 0.4) is 0 Å². The molecule has 0 spiro atoms. The number of nitrogens with zero attached hydrogens (tertiary/aromatic N) is 2. The lowest BCUT2D eigenvalue weighted by Crippen LogP contribution is -2.17. The molecule has 1 aliphatic rings. The van der Waals surface area contributed by atoms with E-state index in [1.807, 2.05) is 30.0 Å². The Labute approximate surface area is 133 Å². The van der Waals surface area contributed by atoms with Gasteiger partial charge < -0.3 is 5.32 Å². The molecule has 2 rings (SSSR count). The van der Waals surface area contributed by atoms with Crippen molar-refractivity contribution in [2.24, 2.45) is 10.9 Å². The molecule has 106 valence electrons. The minimum Gasteiger partial charge on any atom is -0.334 e. The Balaban J connectivity index is 2.01. The first kappa shape index (κ1) is 15.4. The molecule has 5 heteroatoms. The Morgan fingerprint density at radius 3 is 2.85 bits per heavy atom. The molecular formula is C15H18BrN3S. The Bertz CT molecular complexity index is 547. The van der Waals surface area contributed by atoms with Gasteiger partial charge in [0.1, 0.15) is 0 Å². The van der Waals surface area contributed by atoms with E-state index < -0.39 is 0 Å². The summed E-state index contributed by atoms with van der Waals surface area (Å²) in [6, 6.07) is 7.68. The van der Waals surface area contributed by atoms with Crippen molar-refractivity contribution in [3.05, 3.63) is 28.2 Å². The lowest BCUT2D eigenvalue weighted by atomic mass is 9.99. The molecule has 3 nitrogen and oxygen atoms in total. The highest BCUT2D eigenvalue weighted by Gasteiger charge is 2.26. The Morgan fingerprint density at radius 1 is 1.50 bits per heavy atom. The van der Waals surface area contributed by atoms with Gasteiger partial charge in [-0.25, -0.2) is 0 Å². The molecule has 20 heavy (non-hydrogen) atoms. The van der Waals surface area contributed by atoms with Crippen LogP contribution in [0.2, 0.25) is 0 Å². The summed E-state index contributed by atoms with van der Waals surface area (Å²) in [6.45, 7) is 5.39. The molecule has 0 amide bonds. The van der Waals surface area contributed by atoms with Crippen LogP contribution in [0.1, 0.15) is 32.3 Å². The predicted molar refractivity (Wildman–Crippen MR) is 90.2 cm³/mol. The van der Waals surface area contributed by atoms with Gasteiger partial charge in [-0.05, 0) is 40.0 Å². The lowest BCUT2D eigenvalue weighted by Gasteiger charge is -2.18. The number of aliphatic imine (C=N–C) groups is 1. The zero-order valence-electron chi connectivity index (χ0n) is 11.7. The Morgan fingerprint density at radius 2 is 2.25 bits per heavy atom. The number of hydrogen-bond donors (Lipinski definition) is 1. The molecule has 1 aromatic rings. The summed E-state index contributed by atoms with van der Waals surface area (Å²) in [4.78, 5) is 4.60. The summed E-state index contributed by atoms with van der Waals surface area (Å²) in [7, 11) is 0. The fourth-order valence-corrected chi connectivity index (χ4v) is 4.13. The maximum absolute atomic E-state index is 8.87. The first-order valence-electron chi connectivity index (χ1n) is 6.85. The van der Waals surface area contributed by atoms with E-state index in [4.69, 9.17) is 5.26 Å². The molecule has 0 bridgehead atoms.